The third-order valence-corrected chi connectivity index (χ3v) is 4.03. The monoisotopic (exact) mass is 289 g/mol. The normalized spacial score (nSPS) is 16.0. The molecule has 0 aromatic heterocycles. The molecule has 0 spiro atoms. The van der Waals surface area contributed by atoms with E-state index in [-0.39, 0.29) is 11.9 Å². The molecule has 1 fully saturated rings. The van der Waals surface area contributed by atoms with Crippen LogP contribution in [0.1, 0.15) is 32.3 Å². The predicted molar refractivity (Wildman–Crippen MR) is 87.5 cm³/mol. The van der Waals surface area contributed by atoms with Gasteiger partial charge in [0.1, 0.15) is 0 Å². The standard InChI is InChI=1S/C17H27N3O/c1-4-20(16-9-10-16)12-11-18-14(3)17(21)19-15-7-5-13(2)6-8-15/h5-8,14,16,18H,4,9-12H2,1-3H3,(H,19,21). The molecule has 1 atom stereocenters. The van der Waals surface area contributed by atoms with Crippen molar-refractivity contribution in [3.8, 4) is 0 Å². The van der Waals surface area contributed by atoms with E-state index in [2.05, 4.69) is 22.5 Å². The van der Waals surface area contributed by atoms with E-state index >= 15 is 0 Å². The number of nitrogens with zero attached hydrogens (tertiary/aromatic N) is 1. The van der Waals surface area contributed by atoms with Gasteiger partial charge in [-0.05, 0) is 45.4 Å². The summed E-state index contributed by atoms with van der Waals surface area (Å²) >= 11 is 0. The van der Waals surface area contributed by atoms with Crippen molar-refractivity contribution in [3.05, 3.63) is 29.8 Å². The molecule has 1 amide bonds. The zero-order chi connectivity index (χ0) is 15.2. The lowest BCUT2D eigenvalue weighted by atomic mass is 10.2. The lowest BCUT2D eigenvalue weighted by Gasteiger charge is -2.21. The van der Waals surface area contributed by atoms with Crippen molar-refractivity contribution in [2.45, 2.75) is 45.7 Å². The first kappa shape index (κ1) is 16.0. The molecule has 0 saturated heterocycles. The minimum Gasteiger partial charge on any atom is -0.325 e. The van der Waals surface area contributed by atoms with Crippen molar-refractivity contribution in [3.63, 3.8) is 0 Å². The van der Waals surface area contributed by atoms with Crippen LogP contribution in [0.25, 0.3) is 0 Å². The Morgan fingerprint density at radius 2 is 2.00 bits per heavy atom. The number of nitrogens with one attached hydrogen (secondary N) is 2. The van der Waals surface area contributed by atoms with Gasteiger partial charge in [0, 0.05) is 24.8 Å². The van der Waals surface area contributed by atoms with Crippen LogP contribution in [0.15, 0.2) is 24.3 Å². The molecule has 21 heavy (non-hydrogen) atoms. The number of aryl methyl sites for hydroxylation is 1. The van der Waals surface area contributed by atoms with Gasteiger partial charge in [-0.25, -0.2) is 0 Å². The maximum Gasteiger partial charge on any atom is 0.241 e. The van der Waals surface area contributed by atoms with Crippen LogP contribution in [0.5, 0.6) is 0 Å². The van der Waals surface area contributed by atoms with E-state index in [1.54, 1.807) is 0 Å². The molecule has 1 saturated carbocycles. The number of rotatable bonds is 8. The largest absolute Gasteiger partial charge is 0.325 e. The van der Waals surface area contributed by atoms with Crippen LogP contribution < -0.4 is 10.6 Å². The summed E-state index contributed by atoms with van der Waals surface area (Å²) < 4.78 is 0. The van der Waals surface area contributed by atoms with Crippen LogP contribution in [-0.2, 0) is 4.79 Å². The Morgan fingerprint density at radius 3 is 2.57 bits per heavy atom. The van der Waals surface area contributed by atoms with E-state index < -0.39 is 0 Å². The van der Waals surface area contributed by atoms with E-state index in [1.165, 1.54) is 18.4 Å². The zero-order valence-electron chi connectivity index (χ0n) is 13.4. The molecule has 0 heterocycles. The summed E-state index contributed by atoms with van der Waals surface area (Å²) in [6.07, 6.45) is 2.66. The number of benzene rings is 1. The van der Waals surface area contributed by atoms with Crippen molar-refractivity contribution in [2.24, 2.45) is 0 Å². The van der Waals surface area contributed by atoms with Gasteiger partial charge in [0.25, 0.3) is 0 Å². The fourth-order valence-corrected chi connectivity index (χ4v) is 2.44. The highest BCUT2D eigenvalue weighted by Gasteiger charge is 2.27. The molecule has 4 nitrogen and oxygen atoms in total. The van der Waals surface area contributed by atoms with Gasteiger partial charge in [-0.15, -0.1) is 0 Å². The summed E-state index contributed by atoms with van der Waals surface area (Å²) in [6.45, 7) is 9.12. The predicted octanol–water partition coefficient (Wildman–Crippen LogP) is 2.40. The lowest BCUT2D eigenvalue weighted by Crippen LogP contribution is -2.42. The third kappa shape index (κ3) is 5.14. The quantitative estimate of drug-likeness (QED) is 0.772. The van der Waals surface area contributed by atoms with Crippen LogP contribution >= 0.6 is 0 Å². The van der Waals surface area contributed by atoms with E-state index in [0.717, 1.165) is 31.4 Å². The van der Waals surface area contributed by atoms with Gasteiger partial charge < -0.3 is 10.6 Å². The van der Waals surface area contributed by atoms with Gasteiger partial charge in [-0.1, -0.05) is 24.6 Å². The molecule has 1 aromatic rings. The Hall–Kier alpha value is -1.39. The number of amides is 1. The first-order valence-electron chi connectivity index (χ1n) is 7.95. The Morgan fingerprint density at radius 1 is 1.33 bits per heavy atom. The molecule has 1 unspecified atom stereocenters. The minimum atomic E-state index is -0.177. The maximum atomic E-state index is 12.1. The molecule has 0 bridgehead atoms. The molecular formula is C17H27N3O. The van der Waals surface area contributed by atoms with Gasteiger partial charge in [0.15, 0.2) is 0 Å². The molecule has 1 aromatic carbocycles. The summed E-state index contributed by atoms with van der Waals surface area (Å²) in [6, 6.07) is 8.49. The fraction of sp³-hybridized carbons (Fsp3) is 0.588. The third-order valence-electron chi connectivity index (χ3n) is 4.03. The van der Waals surface area contributed by atoms with Crippen molar-refractivity contribution in [1.82, 2.24) is 10.2 Å². The minimum absolute atomic E-state index is 0.0216. The second kappa shape index (κ2) is 7.57. The average molecular weight is 289 g/mol. The molecule has 0 radical (unpaired) electrons. The Labute approximate surface area is 127 Å². The van der Waals surface area contributed by atoms with Crippen LogP contribution in [0.3, 0.4) is 0 Å². The molecule has 4 heteroatoms. The van der Waals surface area contributed by atoms with Crippen molar-refractivity contribution >= 4 is 11.6 Å². The van der Waals surface area contributed by atoms with Crippen molar-refractivity contribution in [2.75, 3.05) is 25.0 Å². The molecule has 0 aliphatic heterocycles. The maximum absolute atomic E-state index is 12.1. The molecule has 116 valence electrons. The number of likely N-dealkylation sites (N-methyl/N-ethyl adjacent to an activating group) is 1. The van der Waals surface area contributed by atoms with Crippen LogP contribution in [-0.4, -0.2) is 42.5 Å². The average Bonchev–Trinajstić information content (AvgIpc) is 3.30. The smallest absolute Gasteiger partial charge is 0.241 e. The van der Waals surface area contributed by atoms with Gasteiger partial charge in [-0.2, -0.15) is 0 Å². The lowest BCUT2D eigenvalue weighted by molar-refractivity contribution is -0.117. The zero-order valence-corrected chi connectivity index (χ0v) is 13.4. The van der Waals surface area contributed by atoms with Crippen molar-refractivity contribution in [1.29, 1.82) is 0 Å². The van der Waals surface area contributed by atoms with Gasteiger partial charge in [0.05, 0.1) is 6.04 Å². The summed E-state index contributed by atoms with van der Waals surface area (Å²) in [7, 11) is 0. The van der Waals surface area contributed by atoms with Gasteiger partial charge >= 0.3 is 0 Å². The fourth-order valence-electron chi connectivity index (χ4n) is 2.44. The Bertz CT molecular complexity index is 454. The van der Waals surface area contributed by atoms with Gasteiger partial charge in [-0.3, -0.25) is 9.69 Å². The van der Waals surface area contributed by atoms with Gasteiger partial charge in [0.2, 0.25) is 5.91 Å². The highest BCUT2D eigenvalue weighted by molar-refractivity contribution is 5.94. The van der Waals surface area contributed by atoms with E-state index in [9.17, 15) is 4.79 Å². The van der Waals surface area contributed by atoms with Crippen LogP contribution in [0.2, 0.25) is 0 Å². The number of hydrogen-bond donors (Lipinski definition) is 2. The van der Waals surface area contributed by atoms with Crippen LogP contribution in [0, 0.1) is 6.92 Å². The Balaban J connectivity index is 1.70. The molecular weight excluding hydrogens is 262 g/mol. The first-order chi connectivity index (χ1) is 10.1. The topological polar surface area (TPSA) is 44.4 Å². The number of anilines is 1. The SMILES string of the molecule is CCN(CCNC(C)C(=O)Nc1ccc(C)cc1)C1CC1. The van der Waals surface area contributed by atoms with E-state index in [0.29, 0.717) is 0 Å². The van der Waals surface area contributed by atoms with Crippen LogP contribution in [0.4, 0.5) is 5.69 Å². The molecule has 2 rings (SSSR count). The van der Waals surface area contributed by atoms with Crippen molar-refractivity contribution < 1.29 is 4.79 Å². The highest BCUT2D eigenvalue weighted by atomic mass is 16.2. The molecule has 2 N–H and O–H groups in total. The summed E-state index contributed by atoms with van der Waals surface area (Å²) in [5, 5.41) is 6.25. The summed E-state index contributed by atoms with van der Waals surface area (Å²) in [5.41, 5.74) is 2.05. The summed E-state index contributed by atoms with van der Waals surface area (Å²) in [4.78, 5) is 14.6. The summed E-state index contributed by atoms with van der Waals surface area (Å²) in [5.74, 6) is 0.0216. The number of carbonyl (C=O) groups excluding carboxylic acids is 1. The second-order valence-corrected chi connectivity index (χ2v) is 5.89. The Kier molecular flexibility index (Phi) is 5.76. The molecule has 1 aliphatic rings. The highest BCUT2D eigenvalue weighted by Crippen LogP contribution is 2.25. The van der Waals surface area contributed by atoms with E-state index in [1.807, 2.05) is 38.1 Å². The van der Waals surface area contributed by atoms with E-state index in [4.69, 9.17) is 0 Å². The second-order valence-electron chi connectivity index (χ2n) is 5.89. The number of carbonyl (C=O) groups is 1. The first-order valence-corrected chi connectivity index (χ1v) is 7.95. The number of hydrogen-bond acceptors (Lipinski definition) is 3. The molecule has 1 aliphatic carbocycles.